The first kappa shape index (κ1) is 29.3. The number of amides is 2. The lowest BCUT2D eigenvalue weighted by atomic mass is 10.0. The van der Waals surface area contributed by atoms with Crippen molar-refractivity contribution in [2.75, 3.05) is 18.6 Å². The highest BCUT2D eigenvalue weighted by molar-refractivity contribution is 8.00. The zero-order valence-corrected chi connectivity index (χ0v) is 25.5. The van der Waals surface area contributed by atoms with Crippen LogP contribution < -0.4 is 21.4 Å². The number of amidine groups is 1. The number of carboxylic acid groups (broad SMARTS) is 1. The van der Waals surface area contributed by atoms with Gasteiger partial charge in [0.05, 0.1) is 6.54 Å². The fourth-order valence-electron chi connectivity index (χ4n) is 5.18. The number of nitrogens with one attached hydrogen (secondary N) is 2. The second-order valence-electron chi connectivity index (χ2n) is 9.88. The van der Waals surface area contributed by atoms with Gasteiger partial charge in [-0.25, -0.2) is 9.78 Å². The minimum Gasteiger partial charge on any atom is -0.477 e. The molecular formula is C27H26N9O5S3+. The van der Waals surface area contributed by atoms with Crippen LogP contribution in [0.15, 0.2) is 63.8 Å². The normalized spacial score (nSPS) is 18.2. The summed E-state index contributed by atoms with van der Waals surface area (Å²) in [6, 6.07) is 6.78. The van der Waals surface area contributed by atoms with E-state index in [1.807, 2.05) is 46.6 Å². The van der Waals surface area contributed by atoms with Gasteiger partial charge in [0.25, 0.3) is 11.8 Å². The number of hydrogen-bond acceptors (Lipinski definition) is 11. The maximum atomic E-state index is 13.3. The third kappa shape index (κ3) is 5.29. The molecule has 2 atom stereocenters. The first-order chi connectivity index (χ1) is 21.2. The Labute approximate surface area is 262 Å². The molecule has 1 saturated heterocycles. The van der Waals surface area contributed by atoms with Crippen LogP contribution in [-0.4, -0.2) is 73.2 Å². The molecule has 0 spiro atoms. The van der Waals surface area contributed by atoms with E-state index in [1.165, 1.54) is 35.1 Å². The lowest BCUT2D eigenvalue weighted by molar-refractivity contribution is -0.663. The molecule has 44 heavy (non-hydrogen) atoms. The number of thiazole rings is 1. The summed E-state index contributed by atoms with van der Waals surface area (Å²) in [5, 5.41) is 27.3. The Morgan fingerprint density at radius 3 is 2.82 bits per heavy atom. The average Bonchev–Trinajstić information content (AvgIpc) is 3.75. The smallest absolute Gasteiger partial charge is 0.352 e. The van der Waals surface area contributed by atoms with Gasteiger partial charge in [-0.05, 0) is 12.1 Å². The molecule has 226 valence electrons. The Kier molecular flexibility index (Phi) is 7.83. The van der Waals surface area contributed by atoms with Gasteiger partial charge in [0.2, 0.25) is 5.52 Å². The molecular weight excluding hydrogens is 627 g/mol. The van der Waals surface area contributed by atoms with E-state index in [0.717, 1.165) is 27.2 Å². The molecule has 14 nitrogen and oxygen atoms in total. The van der Waals surface area contributed by atoms with Crippen molar-refractivity contribution in [2.45, 2.75) is 24.5 Å². The molecule has 0 aromatic carbocycles. The Balaban J connectivity index is 1.22. The van der Waals surface area contributed by atoms with E-state index in [9.17, 15) is 19.5 Å². The molecule has 2 amide bonds. The molecule has 2 aliphatic heterocycles. The third-order valence-corrected chi connectivity index (χ3v) is 10.1. The van der Waals surface area contributed by atoms with Gasteiger partial charge in [0.15, 0.2) is 23.6 Å². The molecule has 0 aliphatic carbocycles. The van der Waals surface area contributed by atoms with Crippen LogP contribution in [0.4, 0.5) is 5.13 Å². The molecule has 0 saturated carbocycles. The molecule has 0 bridgehead atoms. The molecule has 7 N–H and O–H groups in total. The fourth-order valence-corrected chi connectivity index (χ4v) is 7.94. The third-order valence-electron chi connectivity index (χ3n) is 7.16. The number of pyridine rings is 1. The standard InChI is InChI=1S/C27H25N9O5S3/c1-41-33-19(16-12-44-27(30)31-16)23(37)32-20-24(38)36-21(26(39)40)14(11-43-25(20)36)8-34-5-2-3-17-18(34)4-6-35(17)9-15-7-13(10-42-15)22(28)29/h2-7,10,12,20,25H,8-9,11H2,1H3,(H6-,28,29,30,31,32,37,39,40)/p+1/b33-19-/t20-,25-/m1/s1. The number of rotatable bonds is 10. The molecule has 6 heterocycles. The van der Waals surface area contributed by atoms with Crippen molar-refractivity contribution < 1.29 is 28.9 Å². The van der Waals surface area contributed by atoms with Gasteiger partial charge in [-0.1, -0.05) is 5.16 Å². The number of aliphatic carboxylic acids is 1. The van der Waals surface area contributed by atoms with Crippen LogP contribution in [0.2, 0.25) is 0 Å². The Hall–Kier alpha value is -4.74. The summed E-state index contributed by atoms with van der Waals surface area (Å²) in [4.78, 5) is 49.9. The quantitative estimate of drug-likeness (QED) is 0.0547. The molecule has 6 rings (SSSR count). The lowest BCUT2D eigenvalue weighted by Gasteiger charge is -2.49. The van der Waals surface area contributed by atoms with Crippen molar-refractivity contribution in [1.82, 2.24) is 19.8 Å². The second kappa shape index (κ2) is 11.7. The van der Waals surface area contributed by atoms with Crippen LogP contribution in [0.5, 0.6) is 0 Å². The van der Waals surface area contributed by atoms with Crippen molar-refractivity contribution in [3.63, 3.8) is 0 Å². The van der Waals surface area contributed by atoms with E-state index in [4.69, 9.17) is 21.7 Å². The maximum Gasteiger partial charge on any atom is 0.352 e. The number of hydrogen-bond donors (Lipinski definition) is 5. The summed E-state index contributed by atoms with van der Waals surface area (Å²) in [5.74, 6) is -2.06. The zero-order valence-electron chi connectivity index (χ0n) is 23.1. The fraction of sp³-hybridized carbons (Fsp3) is 0.222. The number of carbonyl (C=O) groups excluding carboxylic acids is 2. The highest BCUT2D eigenvalue weighted by Gasteiger charge is 2.55. The highest BCUT2D eigenvalue weighted by atomic mass is 32.2. The van der Waals surface area contributed by atoms with Crippen molar-refractivity contribution in [1.29, 1.82) is 5.41 Å². The number of carbonyl (C=O) groups is 3. The number of aromatic nitrogens is 3. The molecule has 0 radical (unpaired) electrons. The van der Waals surface area contributed by atoms with E-state index in [2.05, 4.69) is 20.0 Å². The number of β-lactam (4-membered cyclic amide) rings is 1. The van der Waals surface area contributed by atoms with E-state index in [-0.39, 0.29) is 34.6 Å². The summed E-state index contributed by atoms with van der Waals surface area (Å²) in [5.41, 5.74) is 14.4. The van der Waals surface area contributed by atoms with Crippen LogP contribution >= 0.6 is 34.4 Å². The van der Waals surface area contributed by atoms with E-state index < -0.39 is 29.2 Å². The molecule has 0 unspecified atom stereocenters. The number of nitrogen functional groups attached to an aromatic ring is 2. The van der Waals surface area contributed by atoms with Crippen LogP contribution in [-0.2, 0) is 32.3 Å². The summed E-state index contributed by atoms with van der Waals surface area (Å²) < 4.78 is 4.03. The molecule has 2 aliphatic rings. The molecule has 4 aromatic heterocycles. The number of thioether (sulfide) groups is 1. The number of oxime groups is 1. The monoisotopic (exact) mass is 652 g/mol. The predicted octanol–water partition coefficient (Wildman–Crippen LogP) is 1.15. The van der Waals surface area contributed by atoms with Crippen LogP contribution in [0.1, 0.15) is 16.1 Å². The maximum absolute atomic E-state index is 13.3. The second-order valence-corrected chi connectivity index (χ2v) is 12.9. The Bertz CT molecular complexity index is 1890. The largest absolute Gasteiger partial charge is 0.477 e. The van der Waals surface area contributed by atoms with Gasteiger partial charge in [-0.15, -0.1) is 34.4 Å². The highest BCUT2D eigenvalue weighted by Crippen LogP contribution is 2.40. The van der Waals surface area contributed by atoms with E-state index in [0.29, 0.717) is 23.4 Å². The number of fused-ring (bicyclic) bond motifs is 2. The zero-order chi connectivity index (χ0) is 31.1. The summed E-state index contributed by atoms with van der Waals surface area (Å²) >= 11 is 4.03. The van der Waals surface area contributed by atoms with Crippen LogP contribution in [0, 0.1) is 5.41 Å². The van der Waals surface area contributed by atoms with Crippen molar-refractivity contribution in [3.8, 4) is 0 Å². The number of nitrogens with two attached hydrogens (primary N) is 2. The number of nitrogens with zero attached hydrogens (tertiary/aromatic N) is 5. The van der Waals surface area contributed by atoms with Crippen LogP contribution in [0.3, 0.4) is 0 Å². The molecule has 17 heteroatoms. The summed E-state index contributed by atoms with van der Waals surface area (Å²) in [6.45, 7) is 0.848. The SMILES string of the molecule is CO/N=C(\C(=O)N[C@@H]1C(=O)N2C(C(=O)O)=C(C[n+]3cccc4c3ccn4Cc3cc(C(=N)N)cs3)CS[C@H]12)c1csc(N)n1. The Morgan fingerprint density at radius 1 is 1.32 bits per heavy atom. The molecule has 4 aromatic rings. The average molecular weight is 653 g/mol. The number of anilines is 1. The van der Waals surface area contributed by atoms with E-state index >= 15 is 0 Å². The minimum absolute atomic E-state index is 0.0260. The van der Waals surface area contributed by atoms with Gasteiger partial charge in [0, 0.05) is 50.9 Å². The predicted molar refractivity (Wildman–Crippen MR) is 166 cm³/mol. The van der Waals surface area contributed by atoms with E-state index in [1.54, 1.807) is 5.38 Å². The topological polar surface area (TPSA) is 206 Å². The van der Waals surface area contributed by atoms with Crippen LogP contribution in [0.25, 0.3) is 11.0 Å². The first-order valence-corrected chi connectivity index (χ1v) is 15.9. The number of thiophene rings is 1. The van der Waals surface area contributed by atoms with Crippen molar-refractivity contribution in [2.24, 2.45) is 10.9 Å². The first-order valence-electron chi connectivity index (χ1n) is 13.1. The van der Waals surface area contributed by atoms with Gasteiger partial charge in [-0.3, -0.25) is 19.9 Å². The number of carboxylic acids is 1. The van der Waals surface area contributed by atoms with Gasteiger partial charge in [-0.2, -0.15) is 4.57 Å². The summed E-state index contributed by atoms with van der Waals surface area (Å²) in [7, 11) is 1.28. The van der Waals surface area contributed by atoms with Gasteiger partial charge in [0.1, 0.15) is 41.3 Å². The van der Waals surface area contributed by atoms with Crippen molar-refractivity contribution in [3.05, 3.63) is 74.8 Å². The molecule has 1 fully saturated rings. The van der Waals surface area contributed by atoms with Gasteiger partial charge < -0.3 is 31.3 Å². The lowest BCUT2D eigenvalue weighted by Crippen LogP contribution is -2.71. The van der Waals surface area contributed by atoms with Gasteiger partial charge >= 0.3 is 5.97 Å². The van der Waals surface area contributed by atoms with Crippen molar-refractivity contribution >= 4 is 79.9 Å². The summed E-state index contributed by atoms with van der Waals surface area (Å²) in [6.07, 6.45) is 3.83. The Morgan fingerprint density at radius 2 is 2.14 bits per heavy atom. The minimum atomic E-state index is -1.22.